The maximum atomic E-state index is 12.9. The zero-order valence-electron chi connectivity index (χ0n) is 26.1. The van der Waals surface area contributed by atoms with Gasteiger partial charge in [-0.3, -0.25) is 10.1 Å². The number of benzene rings is 3. The lowest BCUT2D eigenvalue weighted by Crippen LogP contribution is -2.21. The molecule has 1 amide bonds. The molecule has 0 saturated heterocycles. The van der Waals surface area contributed by atoms with Crippen molar-refractivity contribution in [1.29, 1.82) is 0 Å². The van der Waals surface area contributed by atoms with Crippen molar-refractivity contribution in [1.82, 2.24) is 14.8 Å². The summed E-state index contributed by atoms with van der Waals surface area (Å²) in [6.07, 6.45) is 2.39. The molecule has 1 saturated carbocycles. The van der Waals surface area contributed by atoms with Gasteiger partial charge >= 0.3 is 12.1 Å². The Morgan fingerprint density at radius 3 is 2.46 bits per heavy atom. The average Bonchev–Trinajstić information content (AvgIpc) is 3.84. The Bertz CT molecular complexity index is 1950. The molecule has 46 heavy (non-hydrogen) atoms. The molecule has 4 N–H and O–H groups in total. The minimum absolute atomic E-state index is 0.0752. The zero-order chi connectivity index (χ0) is 33.2. The van der Waals surface area contributed by atoms with Crippen LogP contribution in [0.2, 0.25) is 0 Å². The van der Waals surface area contributed by atoms with Crippen LogP contribution in [-0.4, -0.2) is 67.3 Å². The number of carboxylic acids is 1. The number of carbonyl (C=O) groups is 2. The second-order valence-electron chi connectivity index (χ2n) is 11.8. The van der Waals surface area contributed by atoms with Gasteiger partial charge in [-0.15, -0.1) is 0 Å². The predicted octanol–water partition coefficient (Wildman–Crippen LogP) is 3.48. The molecule has 4 aromatic rings. The van der Waals surface area contributed by atoms with Crippen molar-refractivity contribution < 1.29 is 27.9 Å². The minimum Gasteiger partial charge on any atom is -0.479 e. The fourth-order valence-corrected chi connectivity index (χ4v) is 7.42. The van der Waals surface area contributed by atoms with Gasteiger partial charge in [-0.1, -0.05) is 12.1 Å². The predicted molar refractivity (Wildman–Crippen MR) is 178 cm³/mol. The number of hydrogen-bond donors (Lipinski definition) is 4. The number of fused-ring (bicyclic) bond motifs is 1. The second-order valence-corrected chi connectivity index (χ2v) is 14.0. The van der Waals surface area contributed by atoms with Gasteiger partial charge in [0.15, 0.2) is 23.9 Å². The van der Waals surface area contributed by atoms with Crippen LogP contribution in [0.25, 0.3) is 10.9 Å². The van der Waals surface area contributed by atoms with Crippen LogP contribution in [0.4, 0.5) is 16.2 Å². The first-order valence-corrected chi connectivity index (χ1v) is 16.4. The Kier molecular flexibility index (Phi) is 9.49. The number of aryl methyl sites for hydroxylation is 2. The van der Waals surface area contributed by atoms with Crippen LogP contribution in [0.1, 0.15) is 46.7 Å². The van der Waals surface area contributed by atoms with Crippen LogP contribution in [-0.2, 0) is 32.3 Å². The van der Waals surface area contributed by atoms with Gasteiger partial charge in [-0.25, -0.2) is 23.0 Å². The fraction of sp³-hybridized carbons (Fsp3) is 0.312. The molecule has 0 spiro atoms. The molecule has 5 rings (SSSR count). The molecule has 0 radical (unpaired) electrons. The van der Waals surface area contributed by atoms with E-state index < -0.39 is 27.9 Å². The third-order valence-electron chi connectivity index (χ3n) is 7.90. The van der Waals surface area contributed by atoms with Crippen LogP contribution in [0.15, 0.2) is 64.5 Å². The molecule has 0 aliphatic heterocycles. The summed E-state index contributed by atoms with van der Waals surface area (Å²) in [5.74, 6) is -1.08. The average molecular weight is 646 g/mol. The first-order chi connectivity index (χ1) is 21.8. The Morgan fingerprint density at radius 1 is 1.11 bits per heavy atom. The maximum absolute atomic E-state index is 12.9. The fourth-order valence-electron chi connectivity index (χ4n) is 5.56. The van der Waals surface area contributed by atoms with Crippen LogP contribution in [0, 0.1) is 13.8 Å². The van der Waals surface area contributed by atoms with E-state index in [1.807, 2.05) is 33.7 Å². The van der Waals surface area contributed by atoms with Gasteiger partial charge < -0.3 is 25.0 Å². The summed E-state index contributed by atoms with van der Waals surface area (Å²) in [6.45, 7) is 4.22. The summed E-state index contributed by atoms with van der Waals surface area (Å²) < 4.78 is 31.3. The molecule has 1 fully saturated rings. The zero-order valence-corrected chi connectivity index (χ0v) is 26.9. The SMILES string of the molecule is BN(C)Cc1cc(NC(=O)OCCc2c(C)cc(C(Nc3ccc4nc[nH]c(=O)c4c3)C(=O)O)cc2C)ccc1S(=O)(=O)C1CC1. The number of rotatable bonds is 12. The maximum Gasteiger partial charge on any atom is 0.411 e. The van der Waals surface area contributed by atoms with Crippen LogP contribution in [0.3, 0.4) is 0 Å². The van der Waals surface area contributed by atoms with Gasteiger partial charge in [-0.2, -0.15) is 0 Å². The smallest absolute Gasteiger partial charge is 0.411 e. The molecular weight excluding hydrogens is 609 g/mol. The number of hydrogen-bond acceptors (Lipinski definition) is 9. The highest BCUT2D eigenvalue weighted by atomic mass is 32.2. The molecule has 14 heteroatoms. The van der Waals surface area contributed by atoms with Crippen molar-refractivity contribution in [2.45, 2.75) is 55.8 Å². The van der Waals surface area contributed by atoms with Gasteiger partial charge in [0, 0.05) is 24.3 Å². The normalized spacial score (nSPS) is 13.8. The molecule has 1 heterocycles. The number of aromatic amines is 1. The Balaban J connectivity index is 1.24. The first kappa shape index (κ1) is 32.7. The topological polar surface area (TPSA) is 171 Å². The quantitative estimate of drug-likeness (QED) is 0.167. The number of anilines is 2. The molecule has 1 aromatic heterocycles. The van der Waals surface area contributed by atoms with Crippen molar-refractivity contribution in [2.24, 2.45) is 0 Å². The number of ether oxygens (including phenoxy) is 1. The van der Waals surface area contributed by atoms with Gasteiger partial charge in [0.2, 0.25) is 0 Å². The summed E-state index contributed by atoms with van der Waals surface area (Å²) in [5, 5.41) is 15.7. The third kappa shape index (κ3) is 7.40. The first-order valence-electron chi connectivity index (χ1n) is 14.9. The van der Waals surface area contributed by atoms with Gasteiger partial charge in [0.25, 0.3) is 5.56 Å². The van der Waals surface area contributed by atoms with Gasteiger partial charge in [0.1, 0.15) is 0 Å². The van der Waals surface area contributed by atoms with E-state index in [2.05, 4.69) is 20.6 Å². The summed E-state index contributed by atoms with van der Waals surface area (Å²) in [4.78, 5) is 45.9. The number of sulfone groups is 1. The lowest BCUT2D eigenvalue weighted by atomic mass is 9.94. The van der Waals surface area contributed by atoms with Gasteiger partial charge in [0.05, 0.1) is 34.0 Å². The molecule has 3 aromatic carbocycles. The van der Waals surface area contributed by atoms with Crippen molar-refractivity contribution in [3.05, 3.63) is 93.0 Å². The molecule has 1 aliphatic rings. The highest BCUT2D eigenvalue weighted by Gasteiger charge is 2.38. The van der Waals surface area contributed by atoms with Crippen molar-refractivity contribution >= 4 is 52.2 Å². The number of carbonyl (C=O) groups excluding carboxylic acids is 1. The lowest BCUT2D eigenvalue weighted by Gasteiger charge is -2.20. The summed E-state index contributed by atoms with van der Waals surface area (Å²) in [6, 6.07) is 12.2. The molecule has 1 atom stereocenters. The summed E-state index contributed by atoms with van der Waals surface area (Å²) >= 11 is 0. The standard InChI is InChI=1S/C32H36BN5O7S/c1-18-12-20(29(31(40)41)36-23-4-8-27-26(15-23)30(39)35-17-34-27)13-19(2)25(18)10-11-45-32(42)37-22-5-9-28(21(14-22)16-38(3)33)46(43,44)24-6-7-24/h4-5,8-9,12-15,17,24,29,36H,6-7,10-11,16,33H2,1-3H3,(H,37,42)(H,40,41)(H,34,35,39). The number of aromatic nitrogens is 2. The molecule has 0 bridgehead atoms. The van der Waals surface area contributed by atoms with E-state index in [0.717, 1.165) is 16.7 Å². The minimum atomic E-state index is -3.40. The lowest BCUT2D eigenvalue weighted by molar-refractivity contribution is -0.138. The van der Waals surface area contributed by atoms with Gasteiger partial charge in [-0.05, 0) is 98.0 Å². The Hall–Kier alpha value is -4.69. The Labute approximate surface area is 267 Å². The monoisotopic (exact) mass is 645 g/mol. The number of aliphatic carboxylic acids is 1. The second kappa shape index (κ2) is 13.4. The highest BCUT2D eigenvalue weighted by molar-refractivity contribution is 7.92. The molecule has 12 nitrogen and oxygen atoms in total. The van der Waals surface area contributed by atoms with E-state index in [1.54, 1.807) is 48.5 Å². The van der Waals surface area contributed by atoms with E-state index in [4.69, 9.17) is 4.74 Å². The number of H-pyrrole nitrogens is 1. The number of carboxylic acid groups (broad SMARTS) is 1. The number of amides is 1. The van der Waals surface area contributed by atoms with E-state index in [0.29, 0.717) is 64.1 Å². The summed E-state index contributed by atoms with van der Waals surface area (Å²) in [5.41, 5.74) is 4.83. The number of nitrogens with one attached hydrogen (secondary N) is 3. The third-order valence-corrected chi connectivity index (χ3v) is 10.3. The molecule has 240 valence electrons. The molecule has 1 unspecified atom stereocenters. The van der Waals surface area contributed by atoms with E-state index >= 15 is 0 Å². The van der Waals surface area contributed by atoms with Crippen LogP contribution in [0.5, 0.6) is 0 Å². The highest BCUT2D eigenvalue weighted by Crippen LogP contribution is 2.36. The van der Waals surface area contributed by atoms with E-state index in [-0.39, 0.29) is 17.4 Å². The van der Waals surface area contributed by atoms with Crippen molar-refractivity contribution in [3.8, 4) is 0 Å². The van der Waals surface area contributed by atoms with E-state index in [9.17, 15) is 27.9 Å². The summed E-state index contributed by atoms with van der Waals surface area (Å²) in [7, 11) is 0.299. The van der Waals surface area contributed by atoms with Crippen LogP contribution >= 0.6 is 0 Å². The van der Waals surface area contributed by atoms with E-state index in [1.165, 1.54) is 6.33 Å². The van der Waals surface area contributed by atoms with Crippen molar-refractivity contribution in [2.75, 3.05) is 24.3 Å². The largest absolute Gasteiger partial charge is 0.479 e. The van der Waals surface area contributed by atoms with Crippen molar-refractivity contribution in [3.63, 3.8) is 0 Å². The van der Waals surface area contributed by atoms with Crippen LogP contribution < -0.4 is 16.2 Å². The Morgan fingerprint density at radius 2 is 1.80 bits per heavy atom. The molecular formula is C32H36BN5O7S. The number of nitrogens with zero attached hydrogens (tertiary/aromatic N) is 2. The molecule has 1 aliphatic carbocycles.